The molecule has 1 aromatic rings. The molecule has 0 saturated carbocycles. The zero-order chi connectivity index (χ0) is 15.1. The number of carbonyl (C=O) groups excluding carboxylic acids is 1. The Kier molecular flexibility index (Phi) is 5.89. The van der Waals surface area contributed by atoms with Crippen LogP contribution in [0.4, 0.5) is 5.95 Å². The number of hydrogen-bond acceptors (Lipinski definition) is 6. The van der Waals surface area contributed by atoms with Gasteiger partial charge in [-0.15, -0.1) is 0 Å². The van der Waals surface area contributed by atoms with E-state index in [2.05, 4.69) is 25.1 Å². The number of aromatic nitrogens is 2. The first-order chi connectivity index (χ1) is 10.2. The predicted octanol–water partition coefficient (Wildman–Crippen LogP) is -0.548. The molecule has 1 atom stereocenters. The summed E-state index contributed by atoms with van der Waals surface area (Å²) in [6, 6.07) is 1.59. The fourth-order valence-electron chi connectivity index (χ4n) is 2.53. The van der Waals surface area contributed by atoms with E-state index in [-0.39, 0.29) is 11.9 Å². The summed E-state index contributed by atoms with van der Waals surface area (Å²) >= 11 is 0. The summed E-state index contributed by atoms with van der Waals surface area (Å²) in [5, 5.41) is 3.12. The zero-order valence-electron chi connectivity index (χ0n) is 12.5. The maximum atomic E-state index is 11.3. The second kappa shape index (κ2) is 7.90. The molecule has 0 aromatic carbocycles. The molecule has 7 nitrogen and oxygen atoms in total. The van der Waals surface area contributed by atoms with Crippen molar-refractivity contribution in [1.29, 1.82) is 0 Å². The minimum atomic E-state index is -0.270. The van der Waals surface area contributed by atoms with E-state index in [0.717, 1.165) is 51.6 Å². The van der Waals surface area contributed by atoms with Crippen molar-refractivity contribution in [3.8, 4) is 0 Å². The average molecular weight is 292 g/mol. The summed E-state index contributed by atoms with van der Waals surface area (Å²) in [6.45, 7) is 7.34. The van der Waals surface area contributed by atoms with Crippen LogP contribution in [0.5, 0.6) is 0 Å². The largest absolute Gasteiger partial charge is 0.368 e. The van der Waals surface area contributed by atoms with Crippen molar-refractivity contribution in [3.05, 3.63) is 18.5 Å². The van der Waals surface area contributed by atoms with Crippen LogP contribution in [0, 0.1) is 0 Å². The van der Waals surface area contributed by atoms with Crippen molar-refractivity contribution in [2.45, 2.75) is 19.4 Å². The summed E-state index contributed by atoms with van der Waals surface area (Å²) in [4.78, 5) is 24.4. The fourth-order valence-corrected chi connectivity index (χ4v) is 2.53. The van der Waals surface area contributed by atoms with Crippen LogP contribution in [0.1, 0.15) is 13.3 Å². The summed E-state index contributed by atoms with van der Waals surface area (Å²) in [5.41, 5.74) is 5.39. The Bertz CT molecular complexity index is 432. The Labute approximate surface area is 125 Å². The molecule has 1 aliphatic rings. The highest BCUT2D eigenvalue weighted by atomic mass is 16.1. The highest BCUT2D eigenvalue weighted by molar-refractivity contribution is 5.79. The predicted molar refractivity (Wildman–Crippen MR) is 82.0 cm³/mol. The van der Waals surface area contributed by atoms with Gasteiger partial charge in [0.2, 0.25) is 11.9 Å². The van der Waals surface area contributed by atoms with E-state index in [0.29, 0.717) is 0 Å². The lowest BCUT2D eigenvalue weighted by atomic mass is 10.1. The Hall–Kier alpha value is -1.73. The number of nitrogens with zero attached hydrogens (tertiary/aromatic N) is 4. The van der Waals surface area contributed by atoms with E-state index in [1.807, 2.05) is 13.0 Å². The van der Waals surface area contributed by atoms with Gasteiger partial charge in [0.25, 0.3) is 0 Å². The number of primary amides is 1. The number of hydrogen-bond donors (Lipinski definition) is 2. The van der Waals surface area contributed by atoms with Gasteiger partial charge in [-0.3, -0.25) is 9.69 Å². The smallest absolute Gasteiger partial charge is 0.234 e. The molecule has 0 spiro atoms. The SMILES string of the molecule is CCNC(CCN1CCN(c2ncccn2)CC1)C(N)=O. The van der Waals surface area contributed by atoms with Crippen LogP contribution >= 0.6 is 0 Å². The van der Waals surface area contributed by atoms with Crippen LogP contribution in [-0.4, -0.2) is 66.1 Å². The maximum absolute atomic E-state index is 11.3. The number of amides is 1. The summed E-state index contributed by atoms with van der Waals surface area (Å²) in [7, 11) is 0. The van der Waals surface area contributed by atoms with Gasteiger partial charge in [0, 0.05) is 45.1 Å². The maximum Gasteiger partial charge on any atom is 0.234 e. The molecule has 1 saturated heterocycles. The van der Waals surface area contributed by atoms with Gasteiger partial charge in [-0.05, 0) is 19.0 Å². The molecule has 2 heterocycles. The normalized spacial score (nSPS) is 17.7. The molecule has 1 unspecified atom stereocenters. The Morgan fingerprint density at radius 1 is 1.33 bits per heavy atom. The molecule has 0 aliphatic carbocycles. The third-order valence-corrected chi connectivity index (χ3v) is 3.74. The quantitative estimate of drug-likeness (QED) is 0.701. The lowest BCUT2D eigenvalue weighted by Crippen LogP contribution is -2.49. The number of piperazine rings is 1. The monoisotopic (exact) mass is 292 g/mol. The van der Waals surface area contributed by atoms with E-state index in [9.17, 15) is 4.79 Å². The van der Waals surface area contributed by atoms with Crippen LogP contribution < -0.4 is 16.0 Å². The van der Waals surface area contributed by atoms with Crippen molar-refractivity contribution in [1.82, 2.24) is 20.2 Å². The highest BCUT2D eigenvalue weighted by Gasteiger charge is 2.20. The average Bonchev–Trinajstić information content (AvgIpc) is 2.52. The molecule has 0 radical (unpaired) electrons. The number of rotatable bonds is 7. The van der Waals surface area contributed by atoms with Crippen LogP contribution in [0.25, 0.3) is 0 Å². The number of nitrogens with two attached hydrogens (primary N) is 1. The number of nitrogens with one attached hydrogen (secondary N) is 1. The zero-order valence-corrected chi connectivity index (χ0v) is 12.5. The first-order valence-electron chi connectivity index (χ1n) is 7.47. The molecule has 1 aliphatic heterocycles. The molecule has 116 valence electrons. The second-order valence-corrected chi connectivity index (χ2v) is 5.18. The van der Waals surface area contributed by atoms with Gasteiger partial charge >= 0.3 is 0 Å². The minimum absolute atomic E-state index is 0.231. The number of likely N-dealkylation sites (N-methyl/N-ethyl adjacent to an activating group) is 1. The van der Waals surface area contributed by atoms with Gasteiger partial charge in [-0.1, -0.05) is 6.92 Å². The number of carbonyl (C=O) groups is 1. The third kappa shape index (κ3) is 4.64. The topological polar surface area (TPSA) is 87.4 Å². The van der Waals surface area contributed by atoms with Gasteiger partial charge in [0.05, 0.1) is 6.04 Å². The van der Waals surface area contributed by atoms with Crippen LogP contribution in [0.3, 0.4) is 0 Å². The van der Waals surface area contributed by atoms with Crippen LogP contribution in [0.15, 0.2) is 18.5 Å². The molecule has 21 heavy (non-hydrogen) atoms. The second-order valence-electron chi connectivity index (χ2n) is 5.18. The Balaban J connectivity index is 1.75. The molecule has 1 amide bonds. The van der Waals surface area contributed by atoms with Gasteiger partial charge < -0.3 is 16.0 Å². The summed E-state index contributed by atoms with van der Waals surface area (Å²) < 4.78 is 0. The van der Waals surface area contributed by atoms with E-state index in [1.165, 1.54) is 0 Å². The summed E-state index contributed by atoms with van der Waals surface area (Å²) in [6.07, 6.45) is 4.29. The molecule has 2 rings (SSSR count). The van der Waals surface area contributed by atoms with E-state index in [1.54, 1.807) is 12.4 Å². The molecule has 1 aromatic heterocycles. The van der Waals surface area contributed by atoms with Crippen molar-refractivity contribution in [3.63, 3.8) is 0 Å². The molecule has 7 heteroatoms. The lowest BCUT2D eigenvalue weighted by molar-refractivity contribution is -0.120. The molecule has 1 fully saturated rings. The highest BCUT2D eigenvalue weighted by Crippen LogP contribution is 2.10. The van der Waals surface area contributed by atoms with Gasteiger partial charge in [0.15, 0.2) is 0 Å². The van der Waals surface area contributed by atoms with Crippen molar-refractivity contribution >= 4 is 11.9 Å². The van der Waals surface area contributed by atoms with Crippen LogP contribution in [0.2, 0.25) is 0 Å². The number of anilines is 1. The first-order valence-corrected chi connectivity index (χ1v) is 7.47. The Morgan fingerprint density at radius 3 is 2.57 bits per heavy atom. The van der Waals surface area contributed by atoms with Gasteiger partial charge in [-0.25, -0.2) is 9.97 Å². The van der Waals surface area contributed by atoms with Gasteiger partial charge in [0.1, 0.15) is 0 Å². The molecule has 3 N–H and O–H groups in total. The molecule has 0 bridgehead atoms. The summed E-state index contributed by atoms with van der Waals surface area (Å²) in [5.74, 6) is 0.521. The van der Waals surface area contributed by atoms with Gasteiger partial charge in [-0.2, -0.15) is 0 Å². The van der Waals surface area contributed by atoms with Crippen molar-refractivity contribution in [2.75, 3.05) is 44.2 Å². The fraction of sp³-hybridized carbons (Fsp3) is 0.643. The van der Waals surface area contributed by atoms with Crippen LogP contribution in [-0.2, 0) is 4.79 Å². The van der Waals surface area contributed by atoms with Crippen molar-refractivity contribution in [2.24, 2.45) is 5.73 Å². The van der Waals surface area contributed by atoms with E-state index in [4.69, 9.17) is 5.73 Å². The van der Waals surface area contributed by atoms with E-state index < -0.39 is 0 Å². The molecular formula is C14H24N6O. The van der Waals surface area contributed by atoms with E-state index >= 15 is 0 Å². The first kappa shape index (κ1) is 15.7. The minimum Gasteiger partial charge on any atom is -0.368 e. The lowest BCUT2D eigenvalue weighted by Gasteiger charge is -2.35. The van der Waals surface area contributed by atoms with Crippen molar-refractivity contribution < 1.29 is 4.79 Å². The standard InChI is InChI=1S/C14H24N6O/c1-2-16-12(13(15)21)4-7-19-8-10-20(11-9-19)14-17-5-3-6-18-14/h3,5-6,12,16H,2,4,7-11H2,1H3,(H2,15,21). The third-order valence-electron chi connectivity index (χ3n) is 3.74. The molecular weight excluding hydrogens is 268 g/mol. The Morgan fingerprint density at radius 2 is 2.00 bits per heavy atom.